The minimum atomic E-state index is -0.287. The van der Waals surface area contributed by atoms with Crippen LogP contribution in [0.1, 0.15) is 23.0 Å². The van der Waals surface area contributed by atoms with Crippen LogP contribution in [-0.4, -0.2) is 23.0 Å². The maximum absolute atomic E-state index is 12.4. The number of nitrogens with zero attached hydrogens (tertiary/aromatic N) is 2. The average molecular weight is 348 g/mol. The minimum Gasteiger partial charge on any atom is -0.497 e. The zero-order valence-electron chi connectivity index (χ0n) is 14.7. The van der Waals surface area contributed by atoms with E-state index in [-0.39, 0.29) is 11.6 Å². The highest BCUT2D eigenvalue weighted by Crippen LogP contribution is 2.20. The van der Waals surface area contributed by atoms with E-state index in [1.807, 2.05) is 48.5 Å². The quantitative estimate of drug-likeness (QED) is 0.703. The molecule has 0 radical (unpaired) electrons. The van der Waals surface area contributed by atoms with Gasteiger partial charge in [-0.25, -0.2) is 9.97 Å². The van der Waals surface area contributed by atoms with Gasteiger partial charge < -0.3 is 15.4 Å². The van der Waals surface area contributed by atoms with Crippen molar-refractivity contribution >= 4 is 23.1 Å². The lowest BCUT2D eigenvalue weighted by atomic mass is 10.1. The highest BCUT2D eigenvalue weighted by Gasteiger charge is 2.09. The molecular weight excluding hydrogens is 328 g/mol. The molecule has 1 heterocycles. The van der Waals surface area contributed by atoms with Crippen LogP contribution in [0.5, 0.6) is 5.75 Å². The molecule has 0 aliphatic heterocycles. The summed E-state index contributed by atoms with van der Waals surface area (Å²) in [4.78, 5) is 20.6. The zero-order chi connectivity index (χ0) is 18.4. The van der Waals surface area contributed by atoms with Gasteiger partial charge in [-0.1, -0.05) is 25.1 Å². The van der Waals surface area contributed by atoms with Crippen molar-refractivity contribution in [2.24, 2.45) is 0 Å². The van der Waals surface area contributed by atoms with Crippen LogP contribution in [0.2, 0.25) is 0 Å². The molecule has 0 saturated heterocycles. The standard InChI is InChI=1S/C20H20N4O2/c1-3-14-7-9-15(10-8-14)24-20(25)18-12-19(22-13-21-18)23-16-5-4-6-17(11-16)26-2/h4-13H,3H2,1-2H3,(H,24,25)(H,21,22,23). The summed E-state index contributed by atoms with van der Waals surface area (Å²) in [5.41, 5.74) is 3.04. The molecule has 3 aromatic rings. The molecule has 0 fully saturated rings. The Labute approximate surface area is 152 Å². The van der Waals surface area contributed by atoms with Crippen LogP contribution in [0.4, 0.5) is 17.2 Å². The number of aromatic nitrogens is 2. The third-order valence-electron chi connectivity index (χ3n) is 3.86. The number of amides is 1. The Morgan fingerprint density at radius 2 is 1.85 bits per heavy atom. The summed E-state index contributed by atoms with van der Waals surface area (Å²) in [6.07, 6.45) is 2.32. The van der Waals surface area contributed by atoms with E-state index in [4.69, 9.17) is 4.74 Å². The molecule has 1 aromatic heterocycles. The molecule has 26 heavy (non-hydrogen) atoms. The maximum Gasteiger partial charge on any atom is 0.274 e. The average Bonchev–Trinajstić information content (AvgIpc) is 2.69. The van der Waals surface area contributed by atoms with Crippen LogP contribution in [0.25, 0.3) is 0 Å². The number of hydrogen-bond acceptors (Lipinski definition) is 5. The van der Waals surface area contributed by atoms with Gasteiger partial charge in [-0.15, -0.1) is 0 Å². The van der Waals surface area contributed by atoms with Gasteiger partial charge >= 0.3 is 0 Å². The van der Waals surface area contributed by atoms with Gasteiger partial charge in [0, 0.05) is 23.5 Å². The lowest BCUT2D eigenvalue weighted by Crippen LogP contribution is -2.14. The molecule has 2 N–H and O–H groups in total. The molecule has 1 amide bonds. The van der Waals surface area contributed by atoms with Crippen molar-refractivity contribution in [3.63, 3.8) is 0 Å². The fourth-order valence-electron chi connectivity index (χ4n) is 2.42. The molecule has 0 bridgehead atoms. The lowest BCUT2D eigenvalue weighted by Gasteiger charge is -2.09. The van der Waals surface area contributed by atoms with Crippen LogP contribution in [0, 0.1) is 0 Å². The largest absolute Gasteiger partial charge is 0.497 e. The number of anilines is 3. The smallest absolute Gasteiger partial charge is 0.274 e. The highest BCUT2D eigenvalue weighted by molar-refractivity contribution is 6.03. The summed E-state index contributed by atoms with van der Waals surface area (Å²) in [6, 6.07) is 16.8. The molecule has 0 atom stereocenters. The van der Waals surface area contributed by atoms with E-state index in [1.54, 1.807) is 13.2 Å². The van der Waals surface area contributed by atoms with E-state index in [1.165, 1.54) is 11.9 Å². The van der Waals surface area contributed by atoms with Crippen molar-refractivity contribution in [1.82, 2.24) is 9.97 Å². The fourth-order valence-corrected chi connectivity index (χ4v) is 2.42. The zero-order valence-corrected chi connectivity index (χ0v) is 14.7. The first-order chi connectivity index (χ1) is 12.7. The Hall–Kier alpha value is -3.41. The number of hydrogen-bond donors (Lipinski definition) is 2. The van der Waals surface area contributed by atoms with Crippen molar-refractivity contribution in [2.75, 3.05) is 17.7 Å². The predicted molar refractivity (Wildman–Crippen MR) is 102 cm³/mol. The molecule has 0 aliphatic carbocycles. The molecule has 3 rings (SSSR count). The van der Waals surface area contributed by atoms with Crippen LogP contribution >= 0.6 is 0 Å². The van der Waals surface area contributed by atoms with Crippen molar-refractivity contribution in [3.8, 4) is 5.75 Å². The lowest BCUT2D eigenvalue weighted by molar-refractivity contribution is 0.102. The molecule has 0 aliphatic rings. The van der Waals surface area contributed by atoms with E-state index < -0.39 is 0 Å². The Morgan fingerprint density at radius 3 is 2.58 bits per heavy atom. The SMILES string of the molecule is CCc1ccc(NC(=O)c2cc(Nc3cccc(OC)c3)ncn2)cc1. The monoisotopic (exact) mass is 348 g/mol. The van der Waals surface area contributed by atoms with Gasteiger partial charge in [0.25, 0.3) is 5.91 Å². The molecule has 0 saturated carbocycles. The normalized spacial score (nSPS) is 10.2. The number of carbonyl (C=O) groups is 1. The third-order valence-corrected chi connectivity index (χ3v) is 3.86. The minimum absolute atomic E-state index is 0.282. The Balaban J connectivity index is 1.72. The molecule has 0 unspecified atom stereocenters. The van der Waals surface area contributed by atoms with Gasteiger partial charge in [-0.3, -0.25) is 4.79 Å². The number of aryl methyl sites for hydroxylation is 1. The number of benzene rings is 2. The summed E-state index contributed by atoms with van der Waals surface area (Å²) in [6.45, 7) is 2.09. The molecule has 6 nitrogen and oxygen atoms in total. The van der Waals surface area contributed by atoms with Crippen molar-refractivity contribution in [2.45, 2.75) is 13.3 Å². The molecule has 6 heteroatoms. The maximum atomic E-state index is 12.4. The predicted octanol–water partition coefficient (Wildman–Crippen LogP) is 4.04. The van der Waals surface area contributed by atoms with Crippen LogP contribution in [-0.2, 0) is 6.42 Å². The molecular formula is C20H20N4O2. The summed E-state index contributed by atoms with van der Waals surface area (Å²) in [5.74, 6) is 0.975. The Morgan fingerprint density at radius 1 is 1.04 bits per heavy atom. The number of rotatable bonds is 6. The van der Waals surface area contributed by atoms with Crippen molar-refractivity contribution in [1.29, 1.82) is 0 Å². The Kier molecular flexibility index (Phi) is 5.43. The van der Waals surface area contributed by atoms with Gasteiger partial charge in [0.1, 0.15) is 23.6 Å². The molecule has 132 valence electrons. The second kappa shape index (κ2) is 8.11. The highest BCUT2D eigenvalue weighted by atomic mass is 16.5. The second-order valence-corrected chi connectivity index (χ2v) is 5.65. The number of ether oxygens (including phenoxy) is 1. The van der Waals surface area contributed by atoms with Crippen molar-refractivity contribution in [3.05, 3.63) is 72.2 Å². The molecule has 0 spiro atoms. The van der Waals surface area contributed by atoms with E-state index in [0.717, 1.165) is 23.5 Å². The van der Waals surface area contributed by atoms with Crippen LogP contribution in [0.15, 0.2) is 60.9 Å². The molecule has 2 aromatic carbocycles. The fraction of sp³-hybridized carbons (Fsp3) is 0.150. The second-order valence-electron chi connectivity index (χ2n) is 5.65. The van der Waals surface area contributed by atoms with Crippen LogP contribution < -0.4 is 15.4 Å². The first kappa shape index (κ1) is 17.4. The first-order valence-corrected chi connectivity index (χ1v) is 8.31. The summed E-state index contributed by atoms with van der Waals surface area (Å²) >= 11 is 0. The van der Waals surface area contributed by atoms with E-state index in [9.17, 15) is 4.79 Å². The first-order valence-electron chi connectivity index (χ1n) is 8.31. The van der Waals surface area contributed by atoms with Gasteiger partial charge in [0.15, 0.2) is 0 Å². The van der Waals surface area contributed by atoms with E-state index in [0.29, 0.717) is 5.82 Å². The number of methoxy groups -OCH3 is 1. The van der Waals surface area contributed by atoms with Gasteiger partial charge in [0.05, 0.1) is 7.11 Å². The van der Waals surface area contributed by atoms with Gasteiger partial charge in [-0.05, 0) is 36.2 Å². The Bertz CT molecular complexity index is 894. The summed E-state index contributed by atoms with van der Waals surface area (Å²) in [7, 11) is 1.61. The number of carbonyl (C=O) groups excluding carboxylic acids is 1. The summed E-state index contributed by atoms with van der Waals surface area (Å²) < 4.78 is 5.20. The van der Waals surface area contributed by atoms with Crippen LogP contribution in [0.3, 0.4) is 0 Å². The topological polar surface area (TPSA) is 76.1 Å². The van der Waals surface area contributed by atoms with E-state index >= 15 is 0 Å². The number of nitrogens with one attached hydrogen (secondary N) is 2. The summed E-state index contributed by atoms with van der Waals surface area (Å²) in [5, 5.41) is 5.98. The van der Waals surface area contributed by atoms with Gasteiger partial charge in [-0.2, -0.15) is 0 Å². The van der Waals surface area contributed by atoms with Gasteiger partial charge in [0.2, 0.25) is 0 Å². The van der Waals surface area contributed by atoms with E-state index in [2.05, 4.69) is 27.5 Å². The third kappa shape index (κ3) is 4.36. The van der Waals surface area contributed by atoms with Crippen molar-refractivity contribution < 1.29 is 9.53 Å².